The molecule has 0 spiro atoms. The zero-order valence-corrected chi connectivity index (χ0v) is 12.2. The van der Waals surface area contributed by atoms with Crippen LogP contribution in [0.4, 0.5) is 0 Å². The summed E-state index contributed by atoms with van der Waals surface area (Å²) in [5.41, 5.74) is 0. The molecule has 1 aliphatic carbocycles. The summed E-state index contributed by atoms with van der Waals surface area (Å²) in [7, 11) is 0. The van der Waals surface area contributed by atoms with Crippen LogP contribution in [0, 0.1) is 11.8 Å². The van der Waals surface area contributed by atoms with Gasteiger partial charge in [-0.2, -0.15) is 0 Å². The Morgan fingerprint density at radius 1 is 0.636 bits per heavy atom. The number of imide groups is 2. The number of nitrogens with zero attached hydrogens (tertiary/aromatic N) is 2. The Kier molecular flexibility index (Phi) is 3.92. The topological polar surface area (TPSA) is 74.8 Å². The summed E-state index contributed by atoms with van der Waals surface area (Å²) in [6, 6.07) is 0. The van der Waals surface area contributed by atoms with E-state index in [4.69, 9.17) is 0 Å². The molecule has 0 saturated heterocycles. The van der Waals surface area contributed by atoms with Gasteiger partial charge in [-0.15, -0.1) is 0 Å². The van der Waals surface area contributed by atoms with E-state index in [1.165, 1.54) is 34.1 Å². The van der Waals surface area contributed by atoms with E-state index in [-0.39, 0.29) is 23.6 Å². The lowest BCUT2D eigenvalue weighted by Crippen LogP contribution is -2.38. The number of carbonyl (C=O) groups is 4. The Bertz CT molecular complexity index is 497. The third-order valence-electron chi connectivity index (χ3n) is 4.65. The summed E-state index contributed by atoms with van der Waals surface area (Å²) in [6.07, 6.45) is 8.88. The van der Waals surface area contributed by atoms with E-state index < -0.39 is 0 Å². The second kappa shape index (κ2) is 5.87. The van der Waals surface area contributed by atoms with Gasteiger partial charge in [0.05, 0.1) is 0 Å². The van der Waals surface area contributed by atoms with Crippen molar-refractivity contribution in [3.05, 3.63) is 24.3 Å². The molecule has 0 radical (unpaired) electrons. The van der Waals surface area contributed by atoms with E-state index in [1.807, 2.05) is 0 Å². The first-order valence-electron chi connectivity index (χ1n) is 7.61. The first kappa shape index (κ1) is 14.7. The van der Waals surface area contributed by atoms with Crippen molar-refractivity contribution < 1.29 is 19.2 Å². The number of rotatable bonds is 4. The molecular weight excluding hydrogens is 284 g/mol. The normalized spacial score (nSPS) is 28.4. The van der Waals surface area contributed by atoms with Crippen LogP contribution in [0.1, 0.15) is 25.7 Å². The van der Waals surface area contributed by atoms with Gasteiger partial charge in [-0.05, 0) is 37.5 Å². The molecule has 22 heavy (non-hydrogen) atoms. The van der Waals surface area contributed by atoms with Crippen LogP contribution in [-0.2, 0) is 19.2 Å². The standard InChI is InChI=1S/C16H18N2O4/c19-13-5-6-14(20)17(13)9-11-1-2-12(4-3-11)10-18-15(21)7-8-16(18)22/h5-8,11-12H,1-4,9-10H2. The quantitative estimate of drug-likeness (QED) is 0.714. The molecule has 1 fully saturated rings. The predicted molar refractivity (Wildman–Crippen MR) is 77.2 cm³/mol. The van der Waals surface area contributed by atoms with Crippen LogP contribution in [0.3, 0.4) is 0 Å². The summed E-state index contributed by atoms with van der Waals surface area (Å²) >= 11 is 0. The van der Waals surface area contributed by atoms with Crippen LogP contribution in [0.2, 0.25) is 0 Å². The summed E-state index contributed by atoms with van der Waals surface area (Å²) in [5.74, 6) is -0.296. The highest BCUT2D eigenvalue weighted by molar-refractivity contribution is 6.13. The van der Waals surface area contributed by atoms with Gasteiger partial charge in [0.15, 0.2) is 0 Å². The minimum atomic E-state index is -0.230. The molecule has 6 heteroatoms. The average Bonchev–Trinajstić information content (AvgIpc) is 2.99. The van der Waals surface area contributed by atoms with E-state index in [1.54, 1.807) is 0 Å². The predicted octanol–water partition coefficient (Wildman–Crippen LogP) is 0.643. The Morgan fingerprint density at radius 2 is 0.909 bits per heavy atom. The fraction of sp³-hybridized carbons (Fsp3) is 0.500. The SMILES string of the molecule is O=C1C=CC(=O)N1CC1CCC(CN2C(=O)C=CC2=O)CC1. The molecule has 0 aromatic carbocycles. The highest BCUT2D eigenvalue weighted by Crippen LogP contribution is 2.31. The molecule has 0 unspecified atom stereocenters. The molecule has 3 rings (SSSR count). The van der Waals surface area contributed by atoms with Gasteiger partial charge in [-0.1, -0.05) is 0 Å². The summed E-state index contributed by atoms with van der Waals surface area (Å²) in [5, 5.41) is 0. The van der Waals surface area contributed by atoms with Gasteiger partial charge in [-0.25, -0.2) is 0 Å². The van der Waals surface area contributed by atoms with E-state index in [2.05, 4.69) is 0 Å². The highest BCUT2D eigenvalue weighted by atomic mass is 16.2. The van der Waals surface area contributed by atoms with Gasteiger partial charge in [0.1, 0.15) is 0 Å². The maximum Gasteiger partial charge on any atom is 0.253 e. The van der Waals surface area contributed by atoms with Crippen molar-refractivity contribution in [3.8, 4) is 0 Å². The Labute approximate surface area is 128 Å². The molecule has 0 aromatic heterocycles. The van der Waals surface area contributed by atoms with Crippen molar-refractivity contribution >= 4 is 23.6 Å². The molecular formula is C16H18N2O4. The zero-order valence-electron chi connectivity index (χ0n) is 12.2. The number of hydrogen-bond acceptors (Lipinski definition) is 4. The lowest BCUT2D eigenvalue weighted by atomic mass is 9.81. The second-order valence-corrected chi connectivity index (χ2v) is 6.13. The van der Waals surface area contributed by atoms with E-state index >= 15 is 0 Å². The van der Waals surface area contributed by atoms with Crippen molar-refractivity contribution in [2.45, 2.75) is 25.7 Å². The summed E-state index contributed by atoms with van der Waals surface area (Å²) < 4.78 is 0. The van der Waals surface area contributed by atoms with Gasteiger partial charge in [-0.3, -0.25) is 29.0 Å². The van der Waals surface area contributed by atoms with Crippen LogP contribution in [0.5, 0.6) is 0 Å². The maximum atomic E-state index is 11.6. The molecule has 1 saturated carbocycles. The van der Waals surface area contributed by atoms with Gasteiger partial charge >= 0.3 is 0 Å². The molecule has 2 aliphatic heterocycles. The van der Waals surface area contributed by atoms with Crippen molar-refractivity contribution in [1.29, 1.82) is 0 Å². The van der Waals surface area contributed by atoms with Crippen LogP contribution in [-0.4, -0.2) is 46.5 Å². The fourth-order valence-corrected chi connectivity index (χ4v) is 3.34. The molecule has 4 amide bonds. The van der Waals surface area contributed by atoms with Crippen molar-refractivity contribution in [2.75, 3.05) is 13.1 Å². The third kappa shape index (κ3) is 2.86. The number of carbonyl (C=O) groups excluding carboxylic acids is 4. The van der Waals surface area contributed by atoms with Crippen molar-refractivity contribution in [3.63, 3.8) is 0 Å². The van der Waals surface area contributed by atoms with E-state index in [9.17, 15) is 19.2 Å². The molecule has 116 valence electrons. The third-order valence-corrected chi connectivity index (χ3v) is 4.65. The first-order chi connectivity index (χ1) is 10.5. The van der Waals surface area contributed by atoms with Crippen LogP contribution in [0.25, 0.3) is 0 Å². The zero-order chi connectivity index (χ0) is 15.7. The van der Waals surface area contributed by atoms with Gasteiger partial charge in [0.25, 0.3) is 23.6 Å². The molecule has 3 aliphatic rings. The monoisotopic (exact) mass is 302 g/mol. The lowest BCUT2D eigenvalue weighted by Gasteiger charge is -2.32. The van der Waals surface area contributed by atoms with Crippen LogP contribution >= 0.6 is 0 Å². The fourth-order valence-electron chi connectivity index (χ4n) is 3.34. The number of hydrogen-bond donors (Lipinski definition) is 0. The Morgan fingerprint density at radius 3 is 1.18 bits per heavy atom. The highest BCUT2D eigenvalue weighted by Gasteiger charge is 2.31. The summed E-state index contributed by atoms with van der Waals surface area (Å²) in [4.78, 5) is 48.8. The smallest absolute Gasteiger partial charge is 0.253 e. The molecule has 0 atom stereocenters. The molecule has 2 heterocycles. The largest absolute Gasteiger partial charge is 0.275 e. The van der Waals surface area contributed by atoms with Crippen LogP contribution < -0.4 is 0 Å². The summed E-state index contributed by atoms with van der Waals surface area (Å²) in [6.45, 7) is 0.945. The Hall–Kier alpha value is -2.24. The van der Waals surface area contributed by atoms with Crippen molar-refractivity contribution in [1.82, 2.24) is 9.80 Å². The molecule has 6 nitrogen and oxygen atoms in total. The minimum absolute atomic E-state index is 0.230. The first-order valence-corrected chi connectivity index (χ1v) is 7.61. The van der Waals surface area contributed by atoms with E-state index in [0.29, 0.717) is 24.9 Å². The van der Waals surface area contributed by atoms with Crippen molar-refractivity contribution in [2.24, 2.45) is 11.8 Å². The second-order valence-electron chi connectivity index (χ2n) is 6.13. The van der Waals surface area contributed by atoms with Crippen LogP contribution in [0.15, 0.2) is 24.3 Å². The van der Waals surface area contributed by atoms with Gasteiger partial charge in [0.2, 0.25) is 0 Å². The number of amides is 4. The van der Waals surface area contributed by atoms with Gasteiger partial charge < -0.3 is 0 Å². The molecule has 0 bridgehead atoms. The minimum Gasteiger partial charge on any atom is -0.275 e. The maximum absolute atomic E-state index is 11.6. The van der Waals surface area contributed by atoms with Gasteiger partial charge in [0, 0.05) is 37.4 Å². The molecule has 0 N–H and O–H groups in total. The lowest BCUT2D eigenvalue weighted by molar-refractivity contribution is -0.140. The Balaban J connectivity index is 1.47. The van der Waals surface area contributed by atoms with E-state index in [0.717, 1.165) is 25.7 Å². The molecule has 0 aromatic rings. The average molecular weight is 302 g/mol.